The highest BCUT2D eigenvalue weighted by Gasteiger charge is 2.46. The molecule has 2 aliphatic rings. The number of ketones is 1. The van der Waals surface area contributed by atoms with Crippen molar-refractivity contribution in [3.63, 3.8) is 0 Å². The smallest absolute Gasteiger partial charge is 0.267 e. The van der Waals surface area contributed by atoms with Crippen molar-refractivity contribution in [1.29, 1.82) is 0 Å². The van der Waals surface area contributed by atoms with E-state index in [0.717, 1.165) is 21.1 Å². The predicted molar refractivity (Wildman–Crippen MR) is 128 cm³/mol. The molecule has 2 saturated heterocycles. The first kappa shape index (κ1) is 23.9. The van der Waals surface area contributed by atoms with Crippen LogP contribution in [0.5, 0.6) is 0 Å². The topological polar surface area (TPSA) is 95.1 Å². The molecular weight excluding hydrogens is 454 g/mol. The van der Waals surface area contributed by atoms with Crippen LogP contribution in [-0.2, 0) is 19.6 Å². The highest BCUT2D eigenvalue weighted by molar-refractivity contribution is 7.89. The minimum Gasteiger partial charge on any atom is -0.368 e. The number of rotatable bonds is 5. The van der Waals surface area contributed by atoms with Crippen LogP contribution in [0.1, 0.15) is 41.3 Å². The molecule has 9 heteroatoms. The van der Waals surface area contributed by atoms with Gasteiger partial charge in [-0.25, -0.2) is 12.7 Å². The summed E-state index contributed by atoms with van der Waals surface area (Å²) in [6.45, 7) is 7.24. The molecule has 2 fully saturated rings. The molecule has 0 unspecified atom stereocenters. The molecule has 2 aromatic rings. The zero-order valence-corrected chi connectivity index (χ0v) is 20.5. The SMILES string of the molecule is CC(=O)c1ccc(N2CCN(C(=O)[C@@H]3CCC(=O)N3S(=O)(=O)c3ccc(C)c(C)c3)CC2)cc1. The maximum absolute atomic E-state index is 13.3. The maximum Gasteiger partial charge on any atom is 0.267 e. The fourth-order valence-corrected chi connectivity index (χ4v) is 6.16. The van der Waals surface area contributed by atoms with Crippen molar-refractivity contribution in [2.24, 2.45) is 0 Å². The van der Waals surface area contributed by atoms with Gasteiger partial charge in [0, 0.05) is 43.9 Å². The van der Waals surface area contributed by atoms with E-state index in [1.165, 1.54) is 13.0 Å². The monoisotopic (exact) mass is 483 g/mol. The third kappa shape index (κ3) is 4.44. The van der Waals surface area contributed by atoms with Crippen LogP contribution in [-0.4, -0.2) is 67.4 Å². The van der Waals surface area contributed by atoms with Gasteiger partial charge in [0.25, 0.3) is 10.0 Å². The van der Waals surface area contributed by atoms with E-state index in [-0.39, 0.29) is 29.4 Å². The van der Waals surface area contributed by atoms with Crippen LogP contribution in [0, 0.1) is 13.8 Å². The van der Waals surface area contributed by atoms with Gasteiger partial charge in [0.15, 0.2) is 5.78 Å². The number of nitrogens with zero attached hydrogens (tertiary/aromatic N) is 3. The summed E-state index contributed by atoms with van der Waals surface area (Å²) >= 11 is 0. The molecular formula is C25H29N3O5S. The van der Waals surface area contributed by atoms with Gasteiger partial charge in [-0.05, 0) is 74.7 Å². The quantitative estimate of drug-likeness (QED) is 0.607. The van der Waals surface area contributed by atoms with E-state index in [1.807, 2.05) is 26.0 Å². The second-order valence-corrected chi connectivity index (χ2v) is 10.7. The Morgan fingerprint density at radius 3 is 2.15 bits per heavy atom. The van der Waals surface area contributed by atoms with Crippen LogP contribution < -0.4 is 4.90 Å². The highest BCUT2D eigenvalue weighted by atomic mass is 32.2. The summed E-state index contributed by atoms with van der Waals surface area (Å²) in [6, 6.07) is 11.1. The lowest BCUT2D eigenvalue weighted by Crippen LogP contribution is -2.55. The van der Waals surface area contributed by atoms with Crippen molar-refractivity contribution < 1.29 is 22.8 Å². The Labute approximate surface area is 200 Å². The Balaban J connectivity index is 1.47. The van der Waals surface area contributed by atoms with Gasteiger partial charge in [0.1, 0.15) is 6.04 Å². The molecule has 4 rings (SSSR count). The van der Waals surface area contributed by atoms with E-state index in [1.54, 1.807) is 29.2 Å². The molecule has 2 aliphatic heterocycles. The third-order valence-corrected chi connectivity index (χ3v) is 8.54. The molecule has 0 N–H and O–H groups in total. The average molecular weight is 484 g/mol. The molecule has 0 bridgehead atoms. The Kier molecular flexibility index (Phi) is 6.49. The molecule has 8 nitrogen and oxygen atoms in total. The molecule has 0 aliphatic carbocycles. The number of carbonyl (C=O) groups excluding carboxylic acids is 3. The molecule has 34 heavy (non-hydrogen) atoms. The van der Waals surface area contributed by atoms with E-state index in [0.29, 0.717) is 31.7 Å². The van der Waals surface area contributed by atoms with Gasteiger partial charge in [0.2, 0.25) is 11.8 Å². The summed E-state index contributed by atoms with van der Waals surface area (Å²) in [5.74, 6) is -0.862. The van der Waals surface area contributed by atoms with Gasteiger partial charge in [-0.2, -0.15) is 0 Å². The first-order valence-corrected chi connectivity index (χ1v) is 12.8. The van der Waals surface area contributed by atoms with Crippen LogP contribution in [0.4, 0.5) is 5.69 Å². The Morgan fingerprint density at radius 2 is 1.56 bits per heavy atom. The van der Waals surface area contributed by atoms with Crippen LogP contribution >= 0.6 is 0 Å². The van der Waals surface area contributed by atoms with E-state index < -0.39 is 22.0 Å². The van der Waals surface area contributed by atoms with Gasteiger partial charge in [-0.1, -0.05) is 6.07 Å². The van der Waals surface area contributed by atoms with Gasteiger partial charge >= 0.3 is 0 Å². The maximum atomic E-state index is 13.3. The molecule has 2 aromatic carbocycles. The number of hydrogen-bond donors (Lipinski definition) is 0. The standard InChI is InChI=1S/C25H29N3O5S/c1-17-4-9-22(16-18(17)2)34(32,33)28-23(10-11-24(28)30)25(31)27-14-12-26(13-15-27)21-7-5-20(6-8-21)19(3)29/h4-9,16,23H,10-15H2,1-3H3/t23-/m0/s1. The van der Waals surface area contributed by atoms with Crippen molar-refractivity contribution in [3.8, 4) is 0 Å². The summed E-state index contributed by atoms with van der Waals surface area (Å²) < 4.78 is 27.4. The predicted octanol–water partition coefficient (Wildman–Crippen LogP) is 2.53. The summed E-state index contributed by atoms with van der Waals surface area (Å²) in [7, 11) is -4.13. The van der Waals surface area contributed by atoms with Crippen LogP contribution in [0.25, 0.3) is 0 Å². The number of piperazine rings is 1. The van der Waals surface area contributed by atoms with Gasteiger partial charge in [-0.3, -0.25) is 14.4 Å². The van der Waals surface area contributed by atoms with Crippen molar-refractivity contribution in [1.82, 2.24) is 9.21 Å². The number of hydrogen-bond acceptors (Lipinski definition) is 6. The minimum atomic E-state index is -4.13. The Hall–Kier alpha value is -3.20. The summed E-state index contributed by atoms with van der Waals surface area (Å²) in [4.78, 5) is 41.2. The van der Waals surface area contributed by atoms with Crippen LogP contribution in [0.3, 0.4) is 0 Å². The van der Waals surface area contributed by atoms with Crippen molar-refractivity contribution >= 4 is 33.3 Å². The number of benzene rings is 2. The second kappa shape index (κ2) is 9.21. The Bertz CT molecular complexity index is 1230. The van der Waals surface area contributed by atoms with E-state index >= 15 is 0 Å². The number of aryl methyl sites for hydroxylation is 2. The number of sulfonamides is 1. The highest BCUT2D eigenvalue weighted by Crippen LogP contribution is 2.30. The molecule has 0 radical (unpaired) electrons. The lowest BCUT2D eigenvalue weighted by Gasteiger charge is -2.38. The second-order valence-electron chi connectivity index (χ2n) is 8.91. The summed E-state index contributed by atoms with van der Waals surface area (Å²) in [5, 5.41) is 0. The Morgan fingerprint density at radius 1 is 0.912 bits per heavy atom. The number of amides is 2. The molecule has 2 heterocycles. The number of Topliss-reactive ketones (excluding diaryl/α,β-unsaturated/α-hetero) is 1. The molecule has 0 saturated carbocycles. The summed E-state index contributed by atoms with van der Waals surface area (Å²) in [5.41, 5.74) is 3.37. The van der Waals surface area contributed by atoms with E-state index in [2.05, 4.69) is 4.90 Å². The molecule has 180 valence electrons. The molecule has 1 atom stereocenters. The lowest BCUT2D eigenvalue weighted by atomic mass is 10.1. The van der Waals surface area contributed by atoms with Gasteiger partial charge in [0.05, 0.1) is 4.90 Å². The van der Waals surface area contributed by atoms with Crippen molar-refractivity contribution in [2.75, 3.05) is 31.1 Å². The molecule has 0 aromatic heterocycles. The third-order valence-electron chi connectivity index (χ3n) is 6.71. The normalized spacial score (nSPS) is 19.0. The summed E-state index contributed by atoms with van der Waals surface area (Å²) in [6.07, 6.45) is 0.220. The number of carbonyl (C=O) groups is 3. The zero-order chi connectivity index (χ0) is 24.6. The lowest BCUT2D eigenvalue weighted by molar-refractivity contribution is -0.138. The largest absolute Gasteiger partial charge is 0.368 e. The number of anilines is 1. The van der Waals surface area contributed by atoms with Crippen molar-refractivity contribution in [3.05, 3.63) is 59.2 Å². The fraction of sp³-hybridized carbons (Fsp3) is 0.400. The minimum absolute atomic E-state index is 0.00776. The van der Waals surface area contributed by atoms with E-state index in [4.69, 9.17) is 0 Å². The average Bonchev–Trinajstić information content (AvgIpc) is 3.22. The molecule has 2 amide bonds. The first-order chi connectivity index (χ1) is 16.1. The van der Waals surface area contributed by atoms with Gasteiger partial charge in [-0.15, -0.1) is 0 Å². The first-order valence-electron chi connectivity index (χ1n) is 11.4. The van der Waals surface area contributed by atoms with E-state index in [9.17, 15) is 22.8 Å². The fourth-order valence-electron chi connectivity index (χ4n) is 4.48. The van der Waals surface area contributed by atoms with Crippen molar-refractivity contribution in [2.45, 2.75) is 44.6 Å². The molecule has 0 spiro atoms. The zero-order valence-electron chi connectivity index (χ0n) is 19.7. The van der Waals surface area contributed by atoms with Crippen LogP contribution in [0.15, 0.2) is 47.4 Å². The van der Waals surface area contributed by atoms with Gasteiger partial charge < -0.3 is 9.80 Å². The van der Waals surface area contributed by atoms with Crippen LogP contribution in [0.2, 0.25) is 0 Å².